The van der Waals surface area contributed by atoms with Crippen LogP contribution in [-0.4, -0.2) is 59.3 Å². The van der Waals surface area contributed by atoms with E-state index in [2.05, 4.69) is 27.9 Å². The Morgan fingerprint density at radius 2 is 1.88 bits per heavy atom. The number of carbonyl (C=O) groups excluding carboxylic acids is 4. The number of H-pyrrole nitrogens is 1. The van der Waals surface area contributed by atoms with Crippen LogP contribution in [0.15, 0.2) is 18.2 Å². The highest BCUT2D eigenvalue weighted by atomic mass is 19.1. The van der Waals surface area contributed by atoms with Crippen molar-refractivity contribution in [3.8, 4) is 0 Å². The monoisotopic (exact) mass is 478 g/mol. The number of rotatable bonds is 8. The number of amides is 3. The molecular formula is C23H28F2N4O5. The maximum Gasteiger partial charge on any atom is 0.268 e. The Balaban J connectivity index is 0.000000732. The molecular weight excluding hydrogens is 450 g/mol. The van der Waals surface area contributed by atoms with Crippen LogP contribution in [0.5, 0.6) is 0 Å². The SMILES string of the molecule is CC1CC1.O=C(CNC(=O)c1cc2cc(F)cc(F)c2[nH]1)NC(C[C@@H]1CCNC1=O)C(=O)CO. The molecule has 2 heterocycles. The molecule has 1 unspecified atom stereocenters. The number of carbonyl (C=O) groups is 4. The second-order valence-electron chi connectivity index (χ2n) is 8.66. The first-order valence-corrected chi connectivity index (χ1v) is 11.1. The van der Waals surface area contributed by atoms with E-state index in [1.165, 1.54) is 18.9 Å². The summed E-state index contributed by atoms with van der Waals surface area (Å²) < 4.78 is 27.0. The summed E-state index contributed by atoms with van der Waals surface area (Å²) in [6.45, 7) is 1.45. The summed E-state index contributed by atoms with van der Waals surface area (Å²) >= 11 is 0. The molecule has 1 saturated heterocycles. The van der Waals surface area contributed by atoms with E-state index in [-0.39, 0.29) is 28.9 Å². The van der Waals surface area contributed by atoms with E-state index in [9.17, 15) is 28.0 Å². The summed E-state index contributed by atoms with van der Waals surface area (Å²) in [7, 11) is 0. The normalized spacial score (nSPS) is 18.0. The van der Waals surface area contributed by atoms with E-state index >= 15 is 0 Å². The molecule has 0 bridgehead atoms. The van der Waals surface area contributed by atoms with Crippen molar-refractivity contribution in [1.82, 2.24) is 20.9 Å². The molecule has 1 aromatic carbocycles. The third-order valence-electron chi connectivity index (χ3n) is 5.73. The van der Waals surface area contributed by atoms with Crippen molar-refractivity contribution in [3.05, 3.63) is 35.5 Å². The molecule has 9 nitrogen and oxygen atoms in total. The van der Waals surface area contributed by atoms with Gasteiger partial charge in [0.05, 0.1) is 18.1 Å². The number of aliphatic hydroxyl groups excluding tert-OH is 1. The highest BCUT2D eigenvalue weighted by Gasteiger charge is 2.31. The average molecular weight is 478 g/mol. The third kappa shape index (κ3) is 6.83. The zero-order chi connectivity index (χ0) is 24.8. The van der Waals surface area contributed by atoms with Crippen LogP contribution < -0.4 is 16.0 Å². The first-order valence-electron chi connectivity index (χ1n) is 11.1. The second kappa shape index (κ2) is 11.2. The van der Waals surface area contributed by atoms with Gasteiger partial charge < -0.3 is 26.0 Å². The molecule has 1 aliphatic carbocycles. The van der Waals surface area contributed by atoms with E-state index in [1.807, 2.05) is 0 Å². The Bertz CT molecular complexity index is 1080. The lowest BCUT2D eigenvalue weighted by molar-refractivity contribution is -0.130. The molecule has 1 aromatic heterocycles. The van der Waals surface area contributed by atoms with Gasteiger partial charge in [-0.3, -0.25) is 19.2 Å². The summed E-state index contributed by atoms with van der Waals surface area (Å²) in [5.74, 6) is -3.34. The third-order valence-corrected chi connectivity index (χ3v) is 5.73. The van der Waals surface area contributed by atoms with Crippen LogP contribution in [0.4, 0.5) is 8.78 Å². The fourth-order valence-corrected chi connectivity index (χ4v) is 3.49. The number of benzene rings is 1. The Labute approximate surface area is 194 Å². The van der Waals surface area contributed by atoms with Gasteiger partial charge in [-0.25, -0.2) is 8.78 Å². The van der Waals surface area contributed by atoms with Gasteiger partial charge in [0.1, 0.15) is 23.9 Å². The molecule has 34 heavy (non-hydrogen) atoms. The van der Waals surface area contributed by atoms with Crippen LogP contribution in [0, 0.1) is 23.5 Å². The fourth-order valence-electron chi connectivity index (χ4n) is 3.49. The number of aliphatic hydroxyl groups is 1. The molecule has 1 aliphatic heterocycles. The number of fused-ring (bicyclic) bond motifs is 1. The molecule has 2 aromatic rings. The van der Waals surface area contributed by atoms with Gasteiger partial charge in [-0.2, -0.15) is 0 Å². The van der Waals surface area contributed by atoms with Crippen molar-refractivity contribution in [2.45, 2.75) is 38.6 Å². The highest BCUT2D eigenvalue weighted by molar-refractivity contribution is 6.00. The molecule has 2 fully saturated rings. The minimum atomic E-state index is -1.07. The van der Waals surface area contributed by atoms with E-state index in [0.717, 1.165) is 12.0 Å². The number of nitrogens with one attached hydrogen (secondary N) is 4. The van der Waals surface area contributed by atoms with E-state index in [4.69, 9.17) is 5.11 Å². The van der Waals surface area contributed by atoms with Crippen molar-refractivity contribution in [2.75, 3.05) is 19.7 Å². The standard InChI is InChI=1S/C19H20F2N4O5.C4H8/c20-11-3-10-5-14(25-17(10)12(21)6-11)19(30)23-7-16(28)24-13(15(27)8-26)4-9-1-2-22-18(9)29;1-4-2-3-4/h3,5-6,9,13,25-26H,1-2,4,7-8H2,(H,22,29)(H,23,30)(H,24,28);4H,2-3H2,1H3/t9-,13?;/m0./s1. The predicted molar refractivity (Wildman–Crippen MR) is 119 cm³/mol. The minimum Gasteiger partial charge on any atom is -0.389 e. The number of hydrogen-bond acceptors (Lipinski definition) is 5. The van der Waals surface area contributed by atoms with Gasteiger partial charge in [0.25, 0.3) is 5.91 Å². The molecule has 5 N–H and O–H groups in total. The zero-order valence-electron chi connectivity index (χ0n) is 18.7. The first kappa shape index (κ1) is 25.3. The Kier molecular flexibility index (Phi) is 8.32. The Morgan fingerprint density at radius 3 is 2.47 bits per heavy atom. The van der Waals surface area contributed by atoms with Crippen molar-refractivity contribution < 1.29 is 33.1 Å². The number of aromatic amines is 1. The highest BCUT2D eigenvalue weighted by Crippen LogP contribution is 2.26. The van der Waals surface area contributed by atoms with Crippen LogP contribution >= 0.6 is 0 Å². The average Bonchev–Trinajstić information content (AvgIpc) is 3.28. The number of hydrogen-bond donors (Lipinski definition) is 5. The summed E-state index contributed by atoms with van der Waals surface area (Å²) in [6.07, 6.45) is 3.52. The van der Waals surface area contributed by atoms with Gasteiger partial charge in [0.2, 0.25) is 11.8 Å². The predicted octanol–water partition coefficient (Wildman–Crippen LogP) is 1.16. The summed E-state index contributed by atoms with van der Waals surface area (Å²) in [5, 5.41) is 16.6. The van der Waals surface area contributed by atoms with Crippen molar-refractivity contribution in [3.63, 3.8) is 0 Å². The molecule has 184 valence electrons. The Morgan fingerprint density at radius 1 is 1.18 bits per heavy atom. The van der Waals surface area contributed by atoms with Crippen molar-refractivity contribution in [1.29, 1.82) is 0 Å². The second-order valence-corrected chi connectivity index (χ2v) is 8.66. The van der Waals surface area contributed by atoms with Crippen molar-refractivity contribution in [2.24, 2.45) is 11.8 Å². The smallest absolute Gasteiger partial charge is 0.268 e. The molecule has 2 aliphatic rings. The molecule has 3 amide bonds. The minimum absolute atomic E-state index is 0.0395. The summed E-state index contributed by atoms with van der Waals surface area (Å²) in [5.41, 5.74) is -0.123. The van der Waals surface area contributed by atoms with E-state index in [0.29, 0.717) is 19.0 Å². The largest absolute Gasteiger partial charge is 0.389 e. The van der Waals surface area contributed by atoms with Crippen molar-refractivity contribution >= 4 is 34.4 Å². The maximum absolute atomic E-state index is 13.7. The van der Waals surface area contributed by atoms with Crippen LogP contribution in [0.2, 0.25) is 0 Å². The fraction of sp³-hybridized carbons (Fsp3) is 0.478. The summed E-state index contributed by atoms with van der Waals surface area (Å²) in [6, 6.07) is 1.91. The number of Topliss-reactive ketones (excluding diaryl/α,β-unsaturated/α-hetero) is 1. The summed E-state index contributed by atoms with van der Waals surface area (Å²) in [4.78, 5) is 50.5. The molecule has 1 saturated carbocycles. The molecule has 4 rings (SSSR count). The number of halogens is 2. The lowest BCUT2D eigenvalue weighted by Crippen LogP contribution is -2.47. The molecule has 2 atom stereocenters. The molecule has 0 spiro atoms. The first-order chi connectivity index (χ1) is 16.2. The van der Waals surface area contributed by atoms with Crippen LogP contribution in [0.3, 0.4) is 0 Å². The van der Waals surface area contributed by atoms with E-state index < -0.39 is 54.3 Å². The van der Waals surface area contributed by atoms with Gasteiger partial charge in [-0.15, -0.1) is 0 Å². The van der Waals surface area contributed by atoms with Gasteiger partial charge in [-0.1, -0.05) is 19.8 Å². The number of ketones is 1. The van der Waals surface area contributed by atoms with Gasteiger partial charge in [0, 0.05) is 23.9 Å². The Hall–Kier alpha value is -3.34. The van der Waals surface area contributed by atoms with Crippen LogP contribution in [0.1, 0.15) is 43.1 Å². The van der Waals surface area contributed by atoms with Gasteiger partial charge in [0.15, 0.2) is 5.78 Å². The zero-order valence-corrected chi connectivity index (χ0v) is 18.7. The van der Waals surface area contributed by atoms with E-state index in [1.54, 1.807) is 0 Å². The molecule has 0 radical (unpaired) electrons. The van der Waals surface area contributed by atoms with Gasteiger partial charge in [-0.05, 0) is 30.9 Å². The topological polar surface area (TPSA) is 140 Å². The quantitative estimate of drug-likeness (QED) is 0.387. The lowest BCUT2D eigenvalue weighted by atomic mass is 9.96. The lowest BCUT2D eigenvalue weighted by Gasteiger charge is -2.19. The van der Waals surface area contributed by atoms with Gasteiger partial charge >= 0.3 is 0 Å². The maximum atomic E-state index is 13.7. The van der Waals surface area contributed by atoms with Crippen LogP contribution in [-0.2, 0) is 14.4 Å². The number of aromatic nitrogens is 1. The van der Waals surface area contributed by atoms with Crippen LogP contribution in [0.25, 0.3) is 10.9 Å². The molecule has 11 heteroatoms.